The number of carbonyl (C=O) groups excluding carboxylic acids is 4. The highest BCUT2D eigenvalue weighted by Crippen LogP contribution is 2.44. The molecule has 7 rings (SSSR count). The van der Waals surface area contributed by atoms with Crippen LogP contribution in [0.4, 0.5) is 35.9 Å². The number of aromatic nitrogens is 1. The number of rotatable bonds is 12. The number of fused-ring (bicyclic) bond motifs is 2. The van der Waals surface area contributed by atoms with Gasteiger partial charge < -0.3 is 20.3 Å². The van der Waals surface area contributed by atoms with Crippen LogP contribution in [0.15, 0.2) is 48.7 Å². The van der Waals surface area contributed by atoms with Gasteiger partial charge in [0.25, 0.3) is 5.91 Å². The van der Waals surface area contributed by atoms with E-state index >= 15 is 0 Å². The number of piperidine rings is 2. The molecule has 4 aliphatic heterocycles. The number of pyridine rings is 1. The van der Waals surface area contributed by atoms with E-state index in [-0.39, 0.29) is 42.6 Å². The van der Waals surface area contributed by atoms with Gasteiger partial charge in [0.2, 0.25) is 17.7 Å². The highest BCUT2D eigenvalue weighted by molar-refractivity contribution is 7.81. The van der Waals surface area contributed by atoms with Crippen molar-refractivity contribution in [1.29, 1.82) is 5.26 Å². The van der Waals surface area contributed by atoms with Crippen LogP contribution in [0, 0.1) is 17.2 Å². The molecule has 3 unspecified atom stereocenters. The predicted molar refractivity (Wildman–Crippen MR) is 223 cm³/mol. The number of hydrogen-bond donors (Lipinski definition) is 4. The van der Waals surface area contributed by atoms with Crippen molar-refractivity contribution in [3.05, 3.63) is 70.5 Å². The first-order valence-electron chi connectivity index (χ1n) is 20.0. The summed E-state index contributed by atoms with van der Waals surface area (Å²) in [5.41, 5.74) is -1.65. The molecule has 4 aliphatic rings. The van der Waals surface area contributed by atoms with E-state index in [1.54, 1.807) is 36.9 Å². The van der Waals surface area contributed by atoms with Crippen molar-refractivity contribution in [1.82, 2.24) is 15.2 Å². The van der Waals surface area contributed by atoms with Crippen molar-refractivity contribution in [2.45, 2.75) is 107 Å². The molecule has 0 spiro atoms. The molecule has 2 aromatic carbocycles. The fourth-order valence-electron chi connectivity index (χ4n) is 9.00. The molecule has 3 N–H and O–H groups in total. The number of ether oxygens (including phenoxy) is 1. The molecule has 3 aromatic rings. The zero-order valence-electron chi connectivity index (χ0n) is 33.3. The van der Waals surface area contributed by atoms with Gasteiger partial charge >= 0.3 is 6.18 Å². The van der Waals surface area contributed by atoms with Gasteiger partial charge in [0.15, 0.2) is 11.2 Å². The van der Waals surface area contributed by atoms with Gasteiger partial charge in [-0.1, -0.05) is 18.5 Å². The van der Waals surface area contributed by atoms with Crippen molar-refractivity contribution in [3.8, 4) is 11.8 Å². The molecule has 5 heterocycles. The topological polar surface area (TPSA) is 160 Å². The summed E-state index contributed by atoms with van der Waals surface area (Å²) >= 11 is 11.1. The Morgan fingerprint density at radius 1 is 1.07 bits per heavy atom. The summed E-state index contributed by atoms with van der Waals surface area (Å²) in [6, 6.07) is 12.8. The molecule has 4 saturated heterocycles. The number of nitrogens with one attached hydrogen (secondary N) is 3. The van der Waals surface area contributed by atoms with Crippen LogP contribution in [0.3, 0.4) is 0 Å². The lowest BCUT2D eigenvalue weighted by molar-refractivity contribution is -0.138. The van der Waals surface area contributed by atoms with E-state index in [2.05, 4.69) is 25.8 Å². The van der Waals surface area contributed by atoms with Crippen molar-refractivity contribution < 1.29 is 37.1 Å². The highest BCUT2D eigenvalue weighted by atomic mass is 35.5. The van der Waals surface area contributed by atoms with Gasteiger partial charge in [0, 0.05) is 40.6 Å². The van der Waals surface area contributed by atoms with Crippen LogP contribution in [-0.4, -0.2) is 75.8 Å². The first kappa shape index (κ1) is 43.1. The predicted octanol–water partition coefficient (Wildman–Crippen LogP) is 6.90. The third-order valence-electron chi connectivity index (χ3n) is 11.9. The number of aryl methyl sites for hydroxylation is 1. The average molecular weight is 867 g/mol. The maximum atomic E-state index is 13.8. The number of amides is 4. The number of nitriles is 1. The summed E-state index contributed by atoms with van der Waals surface area (Å²) in [5.74, 6) is -0.206. The lowest BCUT2D eigenvalue weighted by Crippen LogP contribution is -2.47. The van der Waals surface area contributed by atoms with Crippen molar-refractivity contribution >= 4 is 70.6 Å². The maximum absolute atomic E-state index is 13.8. The number of benzene rings is 2. The lowest BCUT2D eigenvalue weighted by atomic mass is 9.88. The number of imide groups is 1. The number of hydrogen-bond acceptors (Lipinski definition) is 11. The molecule has 13 nitrogen and oxygen atoms in total. The van der Waals surface area contributed by atoms with Crippen molar-refractivity contribution in [3.63, 3.8) is 0 Å². The SMILES string of the molecule is CCc1cc(N2C(S)N(c3cnc(C#N)c(C(F)(F)F)c3)C(=O)C2(C)C)ccc1OCCC1C[C@H]2CC[C@@H](C1)N2CC(=O)Nc1cc(Cl)cc(NC2CCC(=O)NC2=O)c1. The molecule has 4 amide bonds. The van der Waals surface area contributed by atoms with Crippen LogP contribution in [0.25, 0.3) is 0 Å². The van der Waals surface area contributed by atoms with Gasteiger partial charge in [-0.15, -0.1) is 12.6 Å². The fourth-order valence-corrected chi connectivity index (χ4v) is 9.89. The van der Waals surface area contributed by atoms with Gasteiger partial charge in [0.05, 0.1) is 30.6 Å². The number of anilines is 4. The number of halogens is 4. The van der Waals surface area contributed by atoms with Crippen LogP contribution >= 0.6 is 24.2 Å². The van der Waals surface area contributed by atoms with Gasteiger partial charge in [0.1, 0.15) is 23.4 Å². The number of nitrogens with zero attached hydrogens (tertiary/aromatic N) is 5. The minimum atomic E-state index is -4.84. The first-order valence-corrected chi connectivity index (χ1v) is 20.9. The summed E-state index contributed by atoms with van der Waals surface area (Å²) in [6.07, 6.45) is 2.22. The summed E-state index contributed by atoms with van der Waals surface area (Å²) in [4.78, 5) is 59.7. The molecule has 18 heteroatoms. The molecule has 5 atom stereocenters. The van der Waals surface area contributed by atoms with E-state index in [1.165, 1.54) is 6.07 Å². The molecule has 60 heavy (non-hydrogen) atoms. The van der Waals surface area contributed by atoms with E-state index in [0.717, 1.165) is 54.8 Å². The van der Waals surface area contributed by atoms with Gasteiger partial charge in [-0.2, -0.15) is 18.4 Å². The zero-order chi connectivity index (χ0) is 43.1. The lowest BCUT2D eigenvalue weighted by Gasteiger charge is -2.38. The molecule has 2 bridgehead atoms. The Kier molecular flexibility index (Phi) is 12.3. The summed E-state index contributed by atoms with van der Waals surface area (Å²) in [6.45, 7) is 6.09. The molecule has 318 valence electrons. The number of alkyl halides is 3. The maximum Gasteiger partial charge on any atom is 0.419 e. The largest absolute Gasteiger partial charge is 0.493 e. The molecule has 0 aliphatic carbocycles. The quantitative estimate of drug-likeness (QED) is 0.111. The van der Waals surface area contributed by atoms with Crippen molar-refractivity contribution in [2.24, 2.45) is 5.92 Å². The monoisotopic (exact) mass is 866 g/mol. The number of thiol groups is 1. The smallest absolute Gasteiger partial charge is 0.419 e. The minimum Gasteiger partial charge on any atom is -0.493 e. The third-order valence-corrected chi connectivity index (χ3v) is 12.6. The molecular formula is C42H46ClF3N8O5S. The van der Waals surface area contributed by atoms with Crippen LogP contribution in [0.1, 0.15) is 82.5 Å². The van der Waals surface area contributed by atoms with E-state index in [9.17, 15) is 37.6 Å². The summed E-state index contributed by atoms with van der Waals surface area (Å²) < 4.78 is 47.7. The van der Waals surface area contributed by atoms with Crippen LogP contribution in [0.5, 0.6) is 5.75 Å². The van der Waals surface area contributed by atoms with E-state index in [1.807, 2.05) is 25.1 Å². The van der Waals surface area contributed by atoms with Crippen LogP contribution < -0.4 is 30.5 Å². The molecule has 0 saturated carbocycles. The van der Waals surface area contributed by atoms with Gasteiger partial charge in [-0.3, -0.25) is 34.3 Å². The van der Waals surface area contributed by atoms with E-state index in [0.29, 0.717) is 53.2 Å². The second-order valence-corrected chi connectivity index (χ2v) is 17.2. The minimum absolute atomic E-state index is 0.116. The highest BCUT2D eigenvalue weighted by Gasteiger charge is 2.52. The van der Waals surface area contributed by atoms with E-state index in [4.69, 9.17) is 29.0 Å². The second kappa shape index (κ2) is 17.1. The normalized spacial score (nSPS) is 24.0. The van der Waals surface area contributed by atoms with Crippen molar-refractivity contribution in [2.75, 3.05) is 33.6 Å². The Labute approximate surface area is 356 Å². The Bertz CT molecular complexity index is 2220. The molecule has 4 fully saturated rings. The number of carbonyl (C=O) groups is 4. The Balaban J connectivity index is 0.936. The summed E-state index contributed by atoms with van der Waals surface area (Å²) in [5, 5.41) is 18.0. The third kappa shape index (κ3) is 8.87. The van der Waals surface area contributed by atoms with E-state index < -0.39 is 46.3 Å². The average Bonchev–Trinajstić information content (AvgIpc) is 3.51. The van der Waals surface area contributed by atoms with Crippen LogP contribution in [-0.2, 0) is 31.8 Å². The fraction of sp³-hybridized carbons (Fsp3) is 0.476. The second-order valence-electron chi connectivity index (χ2n) is 16.3. The summed E-state index contributed by atoms with van der Waals surface area (Å²) in [7, 11) is 0. The molecule has 0 radical (unpaired) electrons. The molecular weight excluding hydrogens is 821 g/mol. The standard InChI is InChI=1S/C42H46ClF3N8O5S/c1-4-24-15-30(54-40(60)53(39(58)41(54,2)3)31-19-32(42(44,45)46)34(20-47)48-21-31)7-9-35(24)59-12-11-23-13-28-5-6-29(14-23)52(28)22-37(56)50-27-17-25(43)16-26(18-27)49-33-8-10-36(55)51-38(33)57/h7,9,15-19,21,23,28-29,33,40,49,60H,4-6,8,10-14,22H2,1-3H3,(H,50,56)(H,51,55,57)/t23?,28-,29+,33?,40?. The van der Waals surface area contributed by atoms with Gasteiger partial charge in [-0.25, -0.2) is 4.98 Å². The zero-order valence-corrected chi connectivity index (χ0v) is 35.0. The Morgan fingerprint density at radius 2 is 1.78 bits per heavy atom. The van der Waals surface area contributed by atoms with Crippen LogP contribution in [0.2, 0.25) is 5.02 Å². The Hall–Kier alpha value is -5.05. The molecule has 1 aromatic heterocycles. The first-order chi connectivity index (χ1) is 28.5. The Morgan fingerprint density at radius 3 is 2.45 bits per heavy atom. The van der Waals surface area contributed by atoms with Gasteiger partial charge in [-0.05, 0) is 113 Å².